The first-order valence-corrected chi connectivity index (χ1v) is 5.57. The third kappa shape index (κ3) is 3.04. The number of hydrogen-bond donors (Lipinski definition) is 1. The van der Waals surface area contributed by atoms with Crippen molar-refractivity contribution in [3.05, 3.63) is 32.5 Å². The molecule has 1 aromatic carbocycles. The van der Waals surface area contributed by atoms with E-state index in [0.717, 1.165) is 10.9 Å². The molecule has 0 aliphatic carbocycles. The summed E-state index contributed by atoms with van der Waals surface area (Å²) in [5, 5.41) is 0. The molecule has 0 saturated heterocycles. The van der Waals surface area contributed by atoms with Gasteiger partial charge in [0.2, 0.25) is 0 Å². The van der Waals surface area contributed by atoms with Crippen LogP contribution in [0.2, 0.25) is 0 Å². The van der Waals surface area contributed by atoms with Crippen molar-refractivity contribution in [2.45, 2.75) is 12.8 Å². The molecule has 2 N–H and O–H groups in total. The molecule has 0 saturated carbocycles. The van der Waals surface area contributed by atoms with Crippen molar-refractivity contribution in [2.24, 2.45) is 5.73 Å². The molecule has 0 aliphatic heterocycles. The molecule has 13 heavy (non-hydrogen) atoms. The topological polar surface area (TPSA) is 26.0 Å². The standard InChI is InChI=1S/C9H10Br2FN/c10-7-4-6(2-1-3-13)9(12)8(11)5-7/h4-5H,1-3,13H2. The maximum absolute atomic E-state index is 13.4. The van der Waals surface area contributed by atoms with E-state index in [1.54, 1.807) is 12.1 Å². The lowest BCUT2D eigenvalue weighted by Crippen LogP contribution is -2.02. The van der Waals surface area contributed by atoms with Crippen molar-refractivity contribution in [3.63, 3.8) is 0 Å². The van der Waals surface area contributed by atoms with Crippen molar-refractivity contribution >= 4 is 31.9 Å². The van der Waals surface area contributed by atoms with Gasteiger partial charge in [0.25, 0.3) is 0 Å². The Kier molecular flexibility index (Phi) is 4.35. The highest BCUT2D eigenvalue weighted by molar-refractivity contribution is 9.11. The van der Waals surface area contributed by atoms with Gasteiger partial charge in [-0.15, -0.1) is 0 Å². The van der Waals surface area contributed by atoms with E-state index in [-0.39, 0.29) is 5.82 Å². The average Bonchev–Trinajstić information content (AvgIpc) is 2.09. The second kappa shape index (κ2) is 5.08. The number of halogens is 3. The fraction of sp³-hybridized carbons (Fsp3) is 0.333. The van der Waals surface area contributed by atoms with Crippen LogP contribution in [0, 0.1) is 5.82 Å². The van der Waals surface area contributed by atoms with Crippen LogP contribution in [0.15, 0.2) is 21.1 Å². The summed E-state index contributed by atoms with van der Waals surface area (Å²) in [5.41, 5.74) is 6.06. The SMILES string of the molecule is NCCCc1cc(Br)cc(Br)c1F. The first-order valence-electron chi connectivity index (χ1n) is 3.98. The Balaban J connectivity index is 2.92. The lowest BCUT2D eigenvalue weighted by molar-refractivity contribution is 0.598. The van der Waals surface area contributed by atoms with E-state index in [1.807, 2.05) is 0 Å². The van der Waals surface area contributed by atoms with Crippen LogP contribution >= 0.6 is 31.9 Å². The van der Waals surface area contributed by atoms with Crippen LogP contribution in [-0.4, -0.2) is 6.54 Å². The zero-order valence-corrected chi connectivity index (χ0v) is 10.2. The van der Waals surface area contributed by atoms with E-state index in [9.17, 15) is 4.39 Å². The number of benzene rings is 1. The molecule has 0 atom stereocenters. The molecule has 1 rings (SSSR count). The molecule has 1 aromatic rings. The van der Waals surface area contributed by atoms with Crippen LogP contribution in [0.3, 0.4) is 0 Å². The third-order valence-electron chi connectivity index (χ3n) is 1.72. The Hall–Kier alpha value is 0.0700. The van der Waals surface area contributed by atoms with Crippen molar-refractivity contribution in [2.75, 3.05) is 6.54 Å². The van der Waals surface area contributed by atoms with Crippen molar-refractivity contribution in [1.82, 2.24) is 0 Å². The van der Waals surface area contributed by atoms with Gasteiger partial charge in [-0.05, 0) is 53.0 Å². The minimum absolute atomic E-state index is 0.184. The highest BCUT2D eigenvalue weighted by Crippen LogP contribution is 2.25. The highest BCUT2D eigenvalue weighted by Gasteiger charge is 2.07. The Labute approximate surface area is 93.8 Å². The van der Waals surface area contributed by atoms with Crippen molar-refractivity contribution < 1.29 is 4.39 Å². The second-order valence-corrected chi connectivity index (χ2v) is 4.52. The molecule has 0 aliphatic rings. The molecule has 0 unspecified atom stereocenters. The van der Waals surface area contributed by atoms with E-state index in [0.29, 0.717) is 23.0 Å². The fourth-order valence-corrected chi connectivity index (χ4v) is 2.40. The maximum atomic E-state index is 13.4. The van der Waals surface area contributed by atoms with Gasteiger partial charge in [-0.1, -0.05) is 15.9 Å². The van der Waals surface area contributed by atoms with Gasteiger partial charge in [0.15, 0.2) is 0 Å². The van der Waals surface area contributed by atoms with Gasteiger partial charge in [0.1, 0.15) is 5.82 Å². The Bertz CT molecular complexity index is 302. The summed E-state index contributed by atoms with van der Waals surface area (Å²) in [4.78, 5) is 0. The van der Waals surface area contributed by atoms with Crippen LogP contribution < -0.4 is 5.73 Å². The molecule has 0 aromatic heterocycles. The van der Waals surface area contributed by atoms with Crippen LogP contribution in [0.25, 0.3) is 0 Å². The zero-order valence-electron chi connectivity index (χ0n) is 6.99. The first kappa shape index (κ1) is 11.1. The zero-order chi connectivity index (χ0) is 9.84. The van der Waals surface area contributed by atoms with E-state index in [4.69, 9.17) is 5.73 Å². The molecule has 0 bridgehead atoms. The lowest BCUT2D eigenvalue weighted by atomic mass is 10.1. The molecular formula is C9H10Br2FN. The summed E-state index contributed by atoms with van der Waals surface area (Å²) in [6.45, 7) is 0.587. The minimum atomic E-state index is -0.184. The van der Waals surface area contributed by atoms with Gasteiger partial charge in [0.05, 0.1) is 4.47 Å². The Morgan fingerprint density at radius 1 is 1.31 bits per heavy atom. The molecule has 0 radical (unpaired) electrons. The Morgan fingerprint density at radius 3 is 2.62 bits per heavy atom. The lowest BCUT2D eigenvalue weighted by Gasteiger charge is -2.04. The predicted octanol–water partition coefficient (Wildman–Crippen LogP) is 3.24. The number of rotatable bonds is 3. The van der Waals surface area contributed by atoms with Gasteiger partial charge in [-0.3, -0.25) is 0 Å². The Morgan fingerprint density at radius 2 is 2.00 bits per heavy atom. The molecular weight excluding hydrogens is 301 g/mol. The number of aryl methyl sites for hydroxylation is 1. The largest absolute Gasteiger partial charge is 0.330 e. The summed E-state index contributed by atoms with van der Waals surface area (Å²) < 4.78 is 14.8. The van der Waals surface area contributed by atoms with Gasteiger partial charge in [-0.2, -0.15) is 0 Å². The van der Waals surface area contributed by atoms with E-state index in [1.165, 1.54) is 0 Å². The van der Waals surface area contributed by atoms with E-state index < -0.39 is 0 Å². The van der Waals surface area contributed by atoms with Crippen LogP contribution in [-0.2, 0) is 6.42 Å². The highest BCUT2D eigenvalue weighted by atomic mass is 79.9. The molecule has 0 fully saturated rings. The smallest absolute Gasteiger partial charge is 0.140 e. The number of nitrogens with two attached hydrogens (primary N) is 1. The predicted molar refractivity (Wildman–Crippen MR) is 59.2 cm³/mol. The molecule has 0 spiro atoms. The summed E-state index contributed by atoms with van der Waals surface area (Å²) in [6, 6.07) is 3.48. The summed E-state index contributed by atoms with van der Waals surface area (Å²) >= 11 is 6.46. The summed E-state index contributed by atoms with van der Waals surface area (Å²) in [7, 11) is 0. The fourth-order valence-electron chi connectivity index (χ4n) is 1.08. The molecule has 0 amide bonds. The molecule has 1 nitrogen and oxygen atoms in total. The maximum Gasteiger partial charge on any atom is 0.140 e. The normalized spacial score (nSPS) is 10.5. The minimum Gasteiger partial charge on any atom is -0.330 e. The van der Waals surface area contributed by atoms with Crippen molar-refractivity contribution in [1.29, 1.82) is 0 Å². The van der Waals surface area contributed by atoms with E-state index >= 15 is 0 Å². The second-order valence-electron chi connectivity index (χ2n) is 2.75. The van der Waals surface area contributed by atoms with Gasteiger partial charge < -0.3 is 5.73 Å². The van der Waals surface area contributed by atoms with Crippen LogP contribution in [0.5, 0.6) is 0 Å². The average molecular weight is 311 g/mol. The third-order valence-corrected chi connectivity index (χ3v) is 2.75. The summed E-state index contributed by atoms with van der Waals surface area (Å²) in [6.07, 6.45) is 1.49. The van der Waals surface area contributed by atoms with Crippen LogP contribution in [0.1, 0.15) is 12.0 Å². The molecule has 0 heterocycles. The van der Waals surface area contributed by atoms with Gasteiger partial charge in [0, 0.05) is 4.47 Å². The van der Waals surface area contributed by atoms with Crippen LogP contribution in [0.4, 0.5) is 4.39 Å². The van der Waals surface area contributed by atoms with E-state index in [2.05, 4.69) is 31.9 Å². The quantitative estimate of drug-likeness (QED) is 0.852. The number of hydrogen-bond acceptors (Lipinski definition) is 1. The first-order chi connectivity index (χ1) is 6.15. The summed E-state index contributed by atoms with van der Waals surface area (Å²) in [5.74, 6) is -0.184. The molecule has 4 heteroatoms. The van der Waals surface area contributed by atoms with Crippen molar-refractivity contribution in [3.8, 4) is 0 Å². The monoisotopic (exact) mass is 309 g/mol. The van der Waals surface area contributed by atoms with Gasteiger partial charge in [-0.25, -0.2) is 4.39 Å². The van der Waals surface area contributed by atoms with Gasteiger partial charge >= 0.3 is 0 Å². The molecule has 72 valence electrons.